The maximum Gasteiger partial charge on any atom is 0.410 e. The van der Waals surface area contributed by atoms with Crippen molar-refractivity contribution in [2.75, 3.05) is 26.3 Å². The molecule has 2 aliphatic heterocycles. The van der Waals surface area contributed by atoms with Crippen LogP contribution in [0.25, 0.3) is 0 Å². The number of amides is 2. The van der Waals surface area contributed by atoms with Crippen LogP contribution in [0.1, 0.15) is 26.3 Å². The van der Waals surface area contributed by atoms with Gasteiger partial charge in [-0.25, -0.2) is 9.59 Å². The lowest BCUT2D eigenvalue weighted by Crippen LogP contribution is -2.62. The van der Waals surface area contributed by atoms with Crippen LogP contribution >= 0.6 is 0 Å². The Kier molecular flexibility index (Phi) is 5.89. The van der Waals surface area contributed by atoms with Crippen molar-refractivity contribution in [3.63, 3.8) is 0 Å². The molecule has 2 fully saturated rings. The molecule has 2 atom stereocenters. The highest BCUT2D eigenvalue weighted by Gasteiger charge is 2.43. The number of likely N-dealkylation sites (tertiary alicyclic amines) is 1. The van der Waals surface area contributed by atoms with Crippen molar-refractivity contribution in [1.82, 2.24) is 10.2 Å². The normalized spacial score (nSPS) is 24.9. The molecule has 2 saturated heterocycles. The Hall–Kier alpha value is -2.28. The molecule has 148 valence electrons. The largest absolute Gasteiger partial charge is 0.445 e. The van der Waals surface area contributed by atoms with Crippen molar-refractivity contribution in [2.24, 2.45) is 11.8 Å². The summed E-state index contributed by atoms with van der Waals surface area (Å²) in [6, 6.07) is 9.49. The molecule has 7 nitrogen and oxygen atoms in total. The van der Waals surface area contributed by atoms with Crippen molar-refractivity contribution in [2.45, 2.75) is 39.0 Å². The minimum absolute atomic E-state index is 0.0225. The molecule has 7 heteroatoms. The third-order valence-electron chi connectivity index (χ3n) is 4.74. The van der Waals surface area contributed by atoms with Crippen LogP contribution in [0.15, 0.2) is 30.3 Å². The second kappa shape index (κ2) is 8.17. The fourth-order valence-corrected chi connectivity index (χ4v) is 3.55. The summed E-state index contributed by atoms with van der Waals surface area (Å²) in [6.07, 6.45) is -0.754. The number of carbonyl (C=O) groups is 2. The lowest BCUT2D eigenvalue weighted by atomic mass is 9.82. The molecule has 2 amide bonds. The minimum Gasteiger partial charge on any atom is -0.445 e. The number of nitrogens with one attached hydrogen (secondary N) is 1. The van der Waals surface area contributed by atoms with Crippen LogP contribution in [0.5, 0.6) is 0 Å². The first-order chi connectivity index (χ1) is 12.8. The summed E-state index contributed by atoms with van der Waals surface area (Å²) in [4.78, 5) is 26.3. The van der Waals surface area contributed by atoms with Crippen molar-refractivity contribution in [3.8, 4) is 0 Å². The van der Waals surface area contributed by atoms with E-state index >= 15 is 0 Å². The van der Waals surface area contributed by atoms with Crippen LogP contribution < -0.4 is 5.32 Å². The van der Waals surface area contributed by atoms with E-state index < -0.39 is 11.7 Å². The third kappa shape index (κ3) is 5.35. The van der Waals surface area contributed by atoms with Crippen molar-refractivity contribution in [1.29, 1.82) is 0 Å². The van der Waals surface area contributed by atoms with E-state index in [2.05, 4.69) is 5.32 Å². The molecule has 1 aromatic rings. The Balaban J connectivity index is 1.54. The highest BCUT2D eigenvalue weighted by molar-refractivity contribution is 5.69. The van der Waals surface area contributed by atoms with E-state index in [-0.39, 0.29) is 30.6 Å². The van der Waals surface area contributed by atoms with Crippen LogP contribution in [0.4, 0.5) is 9.59 Å². The fourth-order valence-electron chi connectivity index (χ4n) is 3.55. The molecule has 0 aliphatic carbocycles. The molecule has 2 aliphatic rings. The number of hydrogen-bond acceptors (Lipinski definition) is 5. The number of alkyl carbamates (subject to hydrolysis) is 1. The van der Waals surface area contributed by atoms with E-state index in [1.165, 1.54) is 0 Å². The number of piperidine rings is 1. The zero-order valence-corrected chi connectivity index (χ0v) is 16.1. The fraction of sp³-hybridized carbons (Fsp3) is 0.600. The van der Waals surface area contributed by atoms with Gasteiger partial charge in [0.1, 0.15) is 12.2 Å². The van der Waals surface area contributed by atoms with E-state index in [0.29, 0.717) is 26.3 Å². The van der Waals surface area contributed by atoms with Crippen LogP contribution in [-0.2, 0) is 20.8 Å². The minimum atomic E-state index is -0.529. The zero-order valence-electron chi connectivity index (χ0n) is 16.1. The number of hydrogen-bond donors (Lipinski definition) is 1. The van der Waals surface area contributed by atoms with E-state index in [1.807, 2.05) is 51.1 Å². The van der Waals surface area contributed by atoms with Crippen LogP contribution in [-0.4, -0.2) is 55.0 Å². The number of ether oxygens (including phenoxy) is 3. The number of nitrogens with zero attached hydrogens (tertiary/aromatic N) is 1. The molecular formula is C20H28N2O5. The van der Waals surface area contributed by atoms with Gasteiger partial charge >= 0.3 is 12.2 Å². The lowest BCUT2D eigenvalue weighted by Gasteiger charge is -2.46. The van der Waals surface area contributed by atoms with Gasteiger partial charge in [-0.05, 0) is 26.3 Å². The van der Waals surface area contributed by atoms with Gasteiger partial charge in [-0.3, -0.25) is 0 Å². The summed E-state index contributed by atoms with van der Waals surface area (Å²) in [5, 5.41) is 2.98. The summed E-state index contributed by atoms with van der Waals surface area (Å²) in [5.41, 5.74) is 0.412. The molecule has 27 heavy (non-hydrogen) atoms. The van der Waals surface area contributed by atoms with Gasteiger partial charge in [0.25, 0.3) is 0 Å². The average Bonchev–Trinajstić information content (AvgIpc) is 2.59. The zero-order chi connectivity index (χ0) is 19.4. The number of carbonyl (C=O) groups excluding carboxylic acids is 2. The second-order valence-corrected chi connectivity index (χ2v) is 8.17. The highest BCUT2D eigenvalue weighted by Crippen LogP contribution is 2.29. The van der Waals surface area contributed by atoms with Crippen molar-refractivity contribution >= 4 is 12.2 Å². The lowest BCUT2D eigenvalue weighted by molar-refractivity contribution is -0.0672. The smallest absolute Gasteiger partial charge is 0.410 e. The monoisotopic (exact) mass is 376 g/mol. The van der Waals surface area contributed by atoms with Crippen LogP contribution in [0.3, 0.4) is 0 Å². The Morgan fingerprint density at radius 3 is 2.37 bits per heavy atom. The molecule has 0 saturated carbocycles. The molecule has 3 rings (SSSR count). The summed E-state index contributed by atoms with van der Waals surface area (Å²) in [5.74, 6) is 0.0450. The summed E-state index contributed by atoms with van der Waals surface area (Å²) in [6.45, 7) is 7.78. The van der Waals surface area contributed by atoms with Gasteiger partial charge in [-0.2, -0.15) is 0 Å². The second-order valence-electron chi connectivity index (χ2n) is 8.17. The van der Waals surface area contributed by atoms with Gasteiger partial charge in [0.15, 0.2) is 0 Å². The molecule has 1 aromatic carbocycles. The maximum atomic E-state index is 12.4. The standard InChI is InChI=1S/C20H28N2O5/c1-20(2,3)27-19(24)22-9-15-12-25-13-16(10-22)17(15)21-18(23)26-11-14-7-5-4-6-8-14/h4-8,15-17H,9-13H2,1-3H3,(H,21,23). The topological polar surface area (TPSA) is 77.1 Å². The van der Waals surface area contributed by atoms with Gasteiger partial charge in [0.05, 0.1) is 13.2 Å². The number of rotatable bonds is 3. The summed E-state index contributed by atoms with van der Waals surface area (Å²) >= 11 is 0. The Morgan fingerprint density at radius 2 is 1.78 bits per heavy atom. The van der Waals surface area contributed by atoms with Crippen molar-refractivity contribution in [3.05, 3.63) is 35.9 Å². The molecule has 0 aromatic heterocycles. The Morgan fingerprint density at radius 1 is 1.15 bits per heavy atom. The molecule has 2 heterocycles. The van der Waals surface area contributed by atoms with E-state index in [0.717, 1.165) is 5.56 Å². The van der Waals surface area contributed by atoms with Crippen LogP contribution in [0.2, 0.25) is 0 Å². The average molecular weight is 376 g/mol. The third-order valence-corrected chi connectivity index (χ3v) is 4.74. The predicted molar refractivity (Wildman–Crippen MR) is 99.2 cm³/mol. The number of benzene rings is 1. The molecule has 0 radical (unpaired) electrons. The van der Waals surface area contributed by atoms with E-state index in [1.54, 1.807) is 4.90 Å². The molecule has 1 N–H and O–H groups in total. The molecule has 0 spiro atoms. The molecular weight excluding hydrogens is 348 g/mol. The van der Waals surface area contributed by atoms with Crippen LogP contribution in [0, 0.1) is 11.8 Å². The molecule has 2 bridgehead atoms. The van der Waals surface area contributed by atoms with E-state index in [9.17, 15) is 9.59 Å². The Bertz CT molecular complexity index is 644. The Labute approximate surface area is 160 Å². The van der Waals surface area contributed by atoms with Gasteiger partial charge in [0.2, 0.25) is 0 Å². The SMILES string of the molecule is CC(C)(C)OC(=O)N1CC2COCC(C1)C2NC(=O)OCc1ccccc1. The van der Waals surface area contributed by atoms with Gasteiger partial charge < -0.3 is 24.4 Å². The quantitative estimate of drug-likeness (QED) is 0.878. The highest BCUT2D eigenvalue weighted by atomic mass is 16.6. The van der Waals surface area contributed by atoms with E-state index in [4.69, 9.17) is 14.2 Å². The first-order valence-corrected chi connectivity index (χ1v) is 9.35. The van der Waals surface area contributed by atoms with Crippen molar-refractivity contribution < 1.29 is 23.8 Å². The molecule has 2 unspecified atom stereocenters. The summed E-state index contributed by atoms with van der Waals surface area (Å²) in [7, 11) is 0. The predicted octanol–water partition coefficient (Wildman–Crippen LogP) is 2.79. The first-order valence-electron chi connectivity index (χ1n) is 9.35. The van der Waals surface area contributed by atoms with Gasteiger partial charge in [0, 0.05) is 31.0 Å². The number of fused-ring (bicyclic) bond motifs is 2. The van der Waals surface area contributed by atoms with Gasteiger partial charge in [-0.15, -0.1) is 0 Å². The van der Waals surface area contributed by atoms with Gasteiger partial charge in [-0.1, -0.05) is 30.3 Å². The maximum absolute atomic E-state index is 12.4. The first kappa shape index (κ1) is 19.5. The summed E-state index contributed by atoms with van der Waals surface area (Å²) < 4.78 is 16.5.